The molecule has 1 unspecified atom stereocenters. The number of benzene rings is 2. The topological polar surface area (TPSA) is 43.1 Å². The number of aromatic nitrogens is 1. The molecule has 0 fully saturated rings. The average molecular weight is 310 g/mol. The van der Waals surface area contributed by atoms with Gasteiger partial charge in [0, 0.05) is 5.02 Å². The summed E-state index contributed by atoms with van der Waals surface area (Å²) in [4.78, 5) is 4.05. The Kier molecular flexibility index (Phi) is 3.54. The predicted molar refractivity (Wildman–Crippen MR) is 75.5 cm³/mol. The molecule has 0 aliphatic rings. The second-order valence-electron chi connectivity index (χ2n) is 4.18. The molecule has 3 aromatic rings. The summed E-state index contributed by atoms with van der Waals surface area (Å²) in [5, 5.41) is 0.642. The first kappa shape index (κ1) is 13.3. The van der Waals surface area contributed by atoms with Crippen molar-refractivity contribution in [1.29, 1.82) is 0 Å². The average Bonchev–Trinajstić information content (AvgIpc) is 2.87. The maximum absolute atomic E-state index is 13.5. The van der Waals surface area contributed by atoms with E-state index in [2.05, 4.69) is 4.98 Å². The molecule has 0 aliphatic carbocycles. The minimum Gasteiger partial charge on any atom is -0.426 e. The first-order chi connectivity index (χ1) is 9.63. The highest BCUT2D eigenvalue weighted by Crippen LogP contribution is 2.22. The van der Waals surface area contributed by atoms with E-state index in [9.17, 15) is 8.60 Å². The lowest BCUT2D eigenvalue weighted by molar-refractivity contribution is 0.461. The predicted octanol–water partition coefficient (Wildman–Crippen LogP) is 3.93. The van der Waals surface area contributed by atoms with E-state index in [4.69, 9.17) is 16.0 Å². The van der Waals surface area contributed by atoms with E-state index in [0.29, 0.717) is 10.5 Å². The Labute approximate surface area is 121 Å². The van der Waals surface area contributed by atoms with E-state index >= 15 is 0 Å². The number of halogens is 2. The first-order valence-corrected chi connectivity index (χ1v) is 7.51. The highest BCUT2D eigenvalue weighted by molar-refractivity contribution is 7.84. The van der Waals surface area contributed by atoms with E-state index in [1.54, 1.807) is 30.3 Å². The number of hydrogen-bond acceptors (Lipinski definition) is 3. The molecule has 0 amide bonds. The van der Waals surface area contributed by atoms with E-state index < -0.39 is 16.6 Å². The van der Waals surface area contributed by atoms with Gasteiger partial charge in [-0.2, -0.15) is 0 Å². The Morgan fingerprint density at radius 3 is 2.65 bits per heavy atom. The Balaban J connectivity index is 1.89. The number of oxazole rings is 1. The Morgan fingerprint density at radius 2 is 1.95 bits per heavy atom. The van der Waals surface area contributed by atoms with Gasteiger partial charge < -0.3 is 4.42 Å². The van der Waals surface area contributed by atoms with Crippen LogP contribution in [0.25, 0.3) is 11.1 Å². The molecule has 0 radical (unpaired) electrons. The molecular formula is C14H9ClFNO2S. The van der Waals surface area contributed by atoms with Crippen LogP contribution in [0, 0.1) is 5.82 Å². The largest absolute Gasteiger partial charge is 0.426 e. The summed E-state index contributed by atoms with van der Waals surface area (Å²) < 4.78 is 30.9. The molecule has 3 rings (SSSR count). The fraction of sp³-hybridized carbons (Fsp3) is 0.0714. The smallest absolute Gasteiger partial charge is 0.288 e. The van der Waals surface area contributed by atoms with E-state index in [-0.39, 0.29) is 16.6 Å². The van der Waals surface area contributed by atoms with Gasteiger partial charge in [0.15, 0.2) is 11.4 Å². The van der Waals surface area contributed by atoms with E-state index in [1.807, 2.05) is 0 Å². The first-order valence-electron chi connectivity index (χ1n) is 5.81. The molecular weight excluding hydrogens is 301 g/mol. The van der Waals surface area contributed by atoms with Crippen molar-refractivity contribution in [3.05, 3.63) is 58.9 Å². The molecule has 6 heteroatoms. The van der Waals surface area contributed by atoms with Crippen LogP contribution in [0.15, 0.2) is 52.1 Å². The SMILES string of the molecule is O=S(Cc1ccc(Cl)cc1)c1nc2cccc(F)c2o1. The van der Waals surface area contributed by atoms with Gasteiger partial charge in [0.1, 0.15) is 16.3 Å². The van der Waals surface area contributed by atoms with Crippen LogP contribution in [-0.4, -0.2) is 9.19 Å². The fourth-order valence-corrected chi connectivity index (χ4v) is 2.91. The van der Waals surface area contributed by atoms with Crippen LogP contribution in [0.4, 0.5) is 4.39 Å². The Morgan fingerprint density at radius 1 is 1.20 bits per heavy atom. The van der Waals surface area contributed by atoms with Crippen LogP contribution < -0.4 is 0 Å². The summed E-state index contributed by atoms with van der Waals surface area (Å²) in [6, 6.07) is 11.4. The third-order valence-electron chi connectivity index (χ3n) is 2.75. The zero-order valence-corrected chi connectivity index (χ0v) is 11.7. The van der Waals surface area contributed by atoms with Gasteiger partial charge in [-0.05, 0) is 29.8 Å². The van der Waals surface area contributed by atoms with Crippen molar-refractivity contribution in [2.24, 2.45) is 0 Å². The molecule has 0 aliphatic heterocycles. The molecule has 0 saturated heterocycles. The molecule has 0 spiro atoms. The standard InChI is InChI=1S/C14H9ClFNO2S/c15-10-6-4-9(5-7-10)8-20(18)14-17-12-3-1-2-11(16)13(12)19-14/h1-7H,8H2. The van der Waals surface area contributed by atoms with Crippen molar-refractivity contribution in [2.75, 3.05) is 0 Å². The minimum absolute atomic E-state index is 0.0278. The summed E-state index contributed by atoms with van der Waals surface area (Å²) in [6.45, 7) is 0. The van der Waals surface area contributed by atoms with Crippen molar-refractivity contribution < 1.29 is 13.0 Å². The number of fused-ring (bicyclic) bond motifs is 1. The van der Waals surface area contributed by atoms with Crippen molar-refractivity contribution in [3.63, 3.8) is 0 Å². The Hall–Kier alpha value is -1.72. The van der Waals surface area contributed by atoms with Gasteiger partial charge >= 0.3 is 0 Å². The summed E-state index contributed by atoms with van der Waals surface area (Å²) in [7, 11) is -1.47. The van der Waals surface area contributed by atoms with Crippen LogP contribution in [0.2, 0.25) is 5.02 Å². The van der Waals surface area contributed by atoms with Crippen molar-refractivity contribution in [2.45, 2.75) is 11.0 Å². The molecule has 1 aromatic heterocycles. The van der Waals surface area contributed by atoms with Crippen LogP contribution in [0.1, 0.15) is 5.56 Å². The molecule has 0 bridgehead atoms. The van der Waals surface area contributed by atoms with Gasteiger partial charge in [0.05, 0.1) is 5.75 Å². The molecule has 0 saturated carbocycles. The lowest BCUT2D eigenvalue weighted by Gasteiger charge is -1.98. The number of para-hydroxylation sites is 1. The van der Waals surface area contributed by atoms with Crippen molar-refractivity contribution in [1.82, 2.24) is 4.98 Å². The molecule has 1 heterocycles. The summed E-state index contributed by atoms with van der Waals surface area (Å²) in [6.07, 6.45) is 0. The van der Waals surface area contributed by atoms with Gasteiger partial charge in [-0.25, -0.2) is 13.6 Å². The highest BCUT2D eigenvalue weighted by atomic mass is 35.5. The van der Waals surface area contributed by atoms with Crippen LogP contribution in [0.5, 0.6) is 0 Å². The third-order valence-corrected chi connectivity index (χ3v) is 4.16. The lowest BCUT2D eigenvalue weighted by atomic mass is 10.2. The Bertz CT molecular complexity index is 785. The van der Waals surface area contributed by atoms with Gasteiger partial charge in [0.25, 0.3) is 5.22 Å². The molecule has 2 aromatic carbocycles. The molecule has 3 nitrogen and oxygen atoms in total. The second-order valence-corrected chi connectivity index (χ2v) is 5.95. The van der Waals surface area contributed by atoms with E-state index in [0.717, 1.165) is 5.56 Å². The van der Waals surface area contributed by atoms with Gasteiger partial charge in [-0.1, -0.05) is 29.8 Å². The normalized spacial score (nSPS) is 12.7. The van der Waals surface area contributed by atoms with Gasteiger partial charge in [-0.15, -0.1) is 0 Å². The van der Waals surface area contributed by atoms with Gasteiger partial charge in [-0.3, -0.25) is 0 Å². The number of hydrogen-bond donors (Lipinski definition) is 0. The summed E-state index contributed by atoms with van der Waals surface area (Å²) in [5.41, 5.74) is 1.24. The monoisotopic (exact) mass is 309 g/mol. The van der Waals surface area contributed by atoms with Crippen LogP contribution >= 0.6 is 11.6 Å². The molecule has 1 atom stereocenters. The maximum atomic E-state index is 13.5. The summed E-state index contributed by atoms with van der Waals surface area (Å²) in [5.74, 6) is -0.268. The lowest BCUT2D eigenvalue weighted by Crippen LogP contribution is -1.96. The fourth-order valence-electron chi connectivity index (χ4n) is 1.79. The zero-order valence-electron chi connectivity index (χ0n) is 10.2. The second kappa shape index (κ2) is 5.34. The molecule has 102 valence electrons. The molecule has 20 heavy (non-hydrogen) atoms. The molecule has 0 N–H and O–H groups in total. The van der Waals surface area contributed by atoms with E-state index in [1.165, 1.54) is 12.1 Å². The van der Waals surface area contributed by atoms with Gasteiger partial charge in [0.2, 0.25) is 0 Å². The third kappa shape index (κ3) is 2.59. The minimum atomic E-state index is -1.47. The summed E-state index contributed by atoms with van der Waals surface area (Å²) >= 11 is 5.79. The van der Waals surface area contributed by atoms with Crippen LogP contribution in [0.3, 0.4) is 0 Å². The van der Waals surface area contributed by atoms with Crippen LogP contribution in [-0.2, 0) is 16.6 Å². The van der Waals surface area contributed by atoms with Crippen molar-refractivity contribution >= 4 is 33.5 Å². The number of rotatable bonds is 3. The zero-order chi connectivity index (χ0) is 14.1. The maximum Gasteiger partial charge on any atom is 0.288 e. The number of nitrogens with zero attached hydrogens (tertiary/aromatic N) is 1. The quantitative estimate of drug-likeness (QED) is 0.736. The highest BCUT2D eigenvalue weighted by Gasteiger charge is 2.15. The van der Waals surface area contributed by atoms with Crippen molar-refractivity contribution in [3.8, 4) is 0 Å².